The average Bonchev–Trinajstić information content (AvgIpc) is 4.05. The highest BCUT2D eigenvalue weighted by molar-refractivity contribution is 6.06. The Labute approximate surface area is 384 Å². The third-order valence-corrected chi connectivity index (χ3v) is 11.5. The van der Waals surface area contributed by atoms with Gasteiger partial charge in [-0.25, -0.2) is 9.59 Å². The number of ether oxygens (including phenoxy) is 4. The SMILES string of the molecule is CN[C@@H](C)C(=O)N[C@@H](C(=O)OCCCCOC(=O)[C@H](NC(=O)[C@H](N)NC)C(=O)N1CCC[C@H]1c1cccc(Oc2ccccc2)c1)C(=O)N1CCCC1c1cccc(Oc2ccccc2)c1. The molecule has 0 spiro atoms. The van der Waals surface area contributed by atoms with E-state index in [-0.39, 0.29) is 32.1 Å². The van der Waals surface area contributed by atoms with Crippen LogP contribution < -0.4 is 36.5 Å². The maximum Gasteiger partial charge on any atom is 0.338 e. The van der Waals surface area contributed by atoms with E-state index in [2.05, 4.69) is 21.3 Å². The summed E-state index contributed by atoms with van der Waals surface area (Å²) in [6.45, 7) is 1.95. The Kier molecular flexibility index (Phi) is 17.6. The Morgan fingerprint density at radius 3 is 1.44 bits per heavy atom. The van der Waals surface area contributed by atoms with Crippen molar-refractivity contribution in [2.45, 2.75) is 81.8 Å². The van der Waals surface area contributed by atoms with Gasteiger partial charge in [0.2, 0.25) is 18.0 Å². The van der Waals surface area contributed by atoms with Crippen LogP contribution in [-0.4, -0.2) is 110 Å². The maximum atomic E-state index is 14.2. The second kappa shape index (κ2) is 23.9. The van der Waals surface area contributed by atoms with Gasteiger partial charge >= 0.3 is 11.9 Å². The van der Waals surface area contributed by atoms with Crippen LogP contribution in [-0.2, 0) is 38.2 Å². The lowest BCUT2D eigenvalue weighted by molar-refractivity contribution is -0.157. The fourth-order valence-corrected chi connectivity index (χ4v) is 7.83. The third-order valence-electron chi connectivity index (χ3n) is 11.5. The molecule has 4 aromatic rings. The van der Waals surface area contributed by atoms with Gasteiger partial charge in [0, 0.05) is 13.1 Å². The molecule has 0 radical (unpaired) electrons. The number of likely N-dealkylation sites (N-methyl/N-ethyl adjacent to an activating group) is 2. The highest BCUT2D eigenvalue weighted by atomic mass is 16.5. The summed E-state index contributed by atoms with van der Waals surface area (Å²) in [7, 11) is 3.05. The average molecular weight is 906 g/mol. The molecular weight excluding hydrogens is 847 g/mol. The number of rotatable bonds is 21. The first-order valence-electron chi connectivity index (χ1n) is 22.3. The second-order valence-corrected chi connectivity index (χ2v) is 16.1. The zero-order valence-electron chi connectivity index (χ0n) is 37.5. The van der Waals surface area contributed by atoms with Crippen LogP contribution in [0.4, 0.5) is 0 Å². The quantitative estimate of drug-likeness (QED) is 0.0342. The van der Waals surface area contributed by atoms with Gasteiger partial charge in [0.1, 0.15) is 29.2 Å². The summed E-state index contributed by atoms with van der Waals surface area (Å²) in [5, 5.41) is 10.5. The fourth-order valence-electron chi connectivity index (χ4n) is 7.83. The Morgan fingerprint density at radius 1 is 0.591 bits per heavy atom. The minimum absolute atomic E-state index is 0.168. The molecule has 4 aromatic carbocycles. The number of nitrogens with zero attached hydrogens (tertiary/aromatic N) is 2. The van der Waals surface area contributed by atoms with Gasteiger partial charge in [-0.2, -0.15) is 0 Å². The van der Waals surface area contributed by atoms with Crippen molar-refractivity contribution in [2.75, 3.05) is 40.4 Å². The molecule has 17 nitrogen and oxygen atoms in total. The number of carbonyl (C=O) groups excluding carboxylic acids is 6. The number of carbonyl (C=O) groups is 6. The first kappa shape index (κ1) is 48.6. The first-order valence-corrected chi connectivity index (χ1v) is 22.3. The standard InChI is InChI=1S/C49H59N7O10/c1-32(51-2)44(57)53-41(46(59)55-26-14-24-39(55)33-16-12-22-37(30-33)65-35-18-6-4-7-19-35)48(61)63-28-10-11-29-64-49(62)42(54-45(58)43(50)52-3)47(60)56-27-15-25-40(56)34-17-13-23-38(31-34)66-36-20-8-5-9-21-36/h4-9,12-13,16-23,30-32,39-43,51-52H,10-11,14-15,24-29,50H2,1-3H3,(H,53,57)(H,54,58)/t32-,39?,40-,41+,42+,43+/m0/s1. The highest BCUT2D eigenvalue weighted by Gasteiger charge is 2.41. The second-order valence-electron chi connectivity index (χ2n) is 16.1. The van der Waals surface area contributed by atoms with Crippen molar-refractivity contribution in [3.05, 3.63) is 120 Å². The van der Waals surface area contributed by atoms with Crippen molar-refractivity contribution in [3.8, 4) is 23.0 Å². The molecule has 0 aliphatic carbocycles. The molecule has 2 heterocycles. The molecule has 17 heteroatoms. The summed E-state index contributed by atoms with van der Waals surface area (Å²) >= 11 is 0. The molecular formula is C49H59N7O10. The van der Waals surface area contributed by atoms with Crippen LogP contribution in [0.5, 0.6) is 23.0 Å². The number of para-hydroxylation sites is 2. The van der Waals surface area contributed by atoms with Crippen molar-refractivity contribution >= 4 is 35.6 Å². The number of hydrogen-bond donors (Lipinski definition) is 5. The minimum atomic E-state index is -1.69. The van der Waals surface area contributed by atoms with Gasteiger partial charge in [-0.3, -0.25) is 24.5 Å². The zero-order chi connectivity index (χ0) is 47.0. The molecule has 2 saturated heterocycles. The summed E-state index contributed by atoms with van der Waals surface area (Å²) in [6.07, 6.45) is 1.79. The highest BCUT2D eigenvalue weighted by Crippen LogP contribution is 2.36. The largest absolute Gasteiger partial charge is 0.464 e. The summed E-state index contributed by atoms with van der Waals surface area (Å²) in [4.78, 5) is 84.6. The molecule has 66 heavy (non-hydrogen) atoms. The van der Waals surface area contributed by atoms with Crippen LogP contribution in [0.15, 0.2) is 109 Å². The van der Waals surface area contributed by atoms with E-state index < -0.39 is 65.9 Å². The summed E-state index contributed by atoms with van der Waals surface area (Å²) in [6, 6.07) is 28.6. The van der Waals surface area contributed by atoms with Gasteiger partial charge in [-0.1, -0.05) is 60.7 Å². The van der Waals surface area contributed by atoms with Gasteiger partial charge in [0.15, 0.2) is 0 Å². The van der Waals surface area contributed by atoms with E-state index in [0.717, 1.165) is 11.1 Å². The molecule has 2 aliphatic heterocycles. The van der Waals surface area contributed by atoms with Crippen molar-refractivity contribution in [3.63, 3.8) is 0 Å². The Morgan fingerprint density at radius 2 is 1.02 bits per heavy atom. The molecule has 0 aromatic heterocycles. The topological polar surface area (TPSA) is 220 Å². The zero-order valence-corrected chi connectivity index (χ0v) is 37.5. The molecule has 2 aliphatic rings. The predicted octanol–water partition coefficient (Wildman–Crippen LogP) is 4.25. The van der Waals surface area contributed by atoms with Crippen LogP contribution in [0.25, 0.3) is 0 Å². The van der Waals surface area contributed by atoms with Crippen LogP contribution >= 0.6 is 0 Å². The Bertz CT molecular complexity index is 2120. The normalized spacial score (nSPS) is 17.5. The monoisotopic (exact) mass is 905 g/mol. The third kappa shape index (κ3) is 12.9. The van der Waals surface area contributed by atoms with Crippen LogP contribution in [0.3, 0.4) is 0 Å². The summed E-state index contributed by atoms with van der Waals surface area (Å²) < 4.78 is 23.1. The van der Waals surface area contributed by atoms with Crippen LogP contribution in [0.1, 0.15) is 68.7 Å². The number of likely N-dealkylation sites (tertiary alicyclic amines) is 2. The van der Waals surface area contributed by atoms with Gasteiger partial charge in [0.25, 0.3) is 17.7 Å². The van der Waals surface area contributed by atoms with E-state index >= 15 is 0 Å². The molecule has 4 amide bonds. The number of hydrogen-bond acceptors (Lipinski definition) is 13. The number of nitrogens with two attached hydrogens (primary N) is 1. The van der Waals surface area contributed by atoms with E-state index in [9.17, 15) is 28.8 Å². The molecule has 6 atom stereocenters. The Hall–Kier alpha value is -6.82. The first-order chi connectivity index (χ1) is 32.0. The van der Waals surface area contributed by atoms with Crippen molar-refractivity contribution in [1.82, 2.24) is 31.1 Å². The molecule has 1 unspecified atom stereocenters. The van der Waals surface area contributed by atoms with Crippen LogP contribution in [0, 0.1) is 0 Å². The number of amides is 4. The van der Waals surface area contributed by atoms with Gasteiger partial charge in [-0.05, 0) is 119 Å². The maximum absolute atomic E-state index is 14.2. The summed E-state index contributed by atoms with van der Waals surface area (Å²) in [5.74, 6) is -2.03. The van der Waals surface area contributed by atoms with Crippen molar-refractivity contribution in [2.24, 2.45) is 5.73 Å². The molecule has 2 fully saturated rings. The fraction of sp³-hybridized carbons (Fsp3) is 0.388. The number of nitrogens with one attached hydrogen (secondary N) is 4. The van der Waals surface area contributed by atoms with E-state index in [0.29, 0.717) is 61.8 Å². The van der Waals surface area contributed by atoms with Gasteiger partial charge in [-0.15, -0.1) is 0 Å². The lowest BCUT2D eigenvalue weighted by Gasteiger charge is -2.29. The molecule has 350 valence electrons. The van der Waals surface area contributed by atoms with Gasteiger partial charge in [0.05, 0.1) is 31.3 Å². The number of unbranched alkanes of at least 4 members (excludes halogenated alkanes) is 1. The van der Waals surface area contributed by atoms with Crippen molar-refractivity contribution < 1.29 is 47.7 Å². The number of esters is 2. The predicted molar refractivity (Wildman–Crippen MR) is 244 cm³/mol. The lowest BCUT2D eigenvalue weighted by Crippen LogP contribution is -2.58. The van der Waals surface area contributed by atoms with Crippen LogP contribution in [0.2, 0.25) is 0 Å². The number of benzene rings is 4. The van der Waals surface area contributed by atoms with Gasteiger partial charge < -0.3 is 50.4 Å². The van der Waals surface area contributed by atoms with E-state index in [1.807, 2.05) is 109 Å². The molecule has 0 saturated carbocycles. The smallest absolute Gasteiger partial charge is 0.338 e. The van der Waals surface area contributed by atoms with Crippen molar-refractivity contribution in [1.29, 1.82) is 0 Å². The molecule has 0 bridgehead atoms. The summed E-state index contributed by atoms with van der Waals surface area (Å²) in [5.41, 5.74) is 7.49. The van der Waals surface area contributed by atoms with E-state index in [1.165, 1.54) is 7.05 Å². The van der Waals surface area contributed by atoms with E-state index in [4.69, 9.17) is 24.7 Å². The minimum Gasteiger partial charge on any atom is -0.464 e. The Balaban J connectivity index is 1.05. The molecule has 6 N–H and O–H groups in total. The lowest BCUT2D eigenvalue weighted by atomic mass is 10.0. The molecule has 6 rings (SSSR count). The van der Waals surface area contributed by atoms with E-state index in [1.54, 1.807) is 23.8 Å².